The highest BCUT2D eigenvalue weighted by Gasteiger charge is 2.25. The number of nitrogens with one attached hydrogen (secondary N) is 1. The third-order valence-electron chi connectivity index (χ3n) is 4.37. The smallest absolute Gasteiger partial charge is 0.253 e. The van der Waals surface area contributed by atoms with Crippen molar-refractivity contribution in [1.29, 1.82) is 5.26 Å². The summed E-state index contributed by atoms with van der Waals surface area (Å²) in [5.41, 5.74) is 0.509. The molecule has 8 heteroatoms. The molecule has 1 amide bonds. The molecule has 28 heavy (non-hydrogen) atoms. The van der Waals surface area contributed by atoms with Gasteiger partial charge in [-0.2, -0.15) is 9.94 Å². The van der Waals surface area contributed by atoms with Gasteiger partial charge in [-0.15, -0.1) is 16.9 Å². The lowest BCUT2D eigenvalue weighted by Crippen LogP contribution is -2.44. The van der Waals surface area contributed by atoms with Gasteiger partial charge in [0.15, 0.2) is 5.82 Å². The topological polar surface area (TPSA) is 96.5 Å². The number of nitrogens with zero attached hydrogens (tertiary/aromatic N) is 5. The van der Waals surface area contributed by atoms with Crippen molar-refractivity contribution >= 4 is 17.7 Å². The number of aromatic nitrogens is 4. The van der Waals surface area contributed by atoms with Crippen molar-refractivity contribution < 1.29 is 4.79 Å². The van der Waals surface area contributed by atoms with Crippen LogP contribution in [0.4, 0.5) is 0 Å². The first-order chi connectivity index (χ1) is 13.6. The van der Waals surface area contributed by atoms with E-state index < -0.39 is 5.54 Å². The lowest BCUT2D eigenvalue weighted by molar-refractivity contribution is 0.0920. The predicted octanol–water partition coefficient (Wildman–Crippen LogP) is 3.38. The van der Waals surface area contributed by atoms with Gasteiger partial charge in [-0.05, 0) is 48.0 Å². The Balaban J connectivity index is 1.78. The average molecular weight is 392 g/mol. The zero-order chi connectivity index (χ0) is 20.0. The summed E-state index contributed by atoms with van der Waals surface area (Å²) in [6.45, 7) is 3.59. The fourth-order valence-corrected chi connectivity index (χ4v) is 3.46. The Morgan fingerprint density at radius 3 is 2.64 bits per heavy atom. The van der Waals surface area contributed by atoms with Gasteiger partial charge in [-0.3, -0.25) is 4.79 Å². The summed E-state index contributed by atoms with van der Waals surface area (Å²) in [5.74, 6) is 0.911. The molecule has 0 unspecified atom stereocenters. The fraction of sp³-hybridized carbons (Fsp3) is 0.250. The summed E-state index contributed by atoms with van der Waals surface area (Å²) in [6, 6.07) is 19.1. The Hall–Kier alpha value is -3.18. The Morgan fingerprint density at radius 2 is 1.93 bits per heavy atom. The SMILES string of the molecule is CC[C@](C)(C#N)NC(=O)c1ccccc1SCc1nnnn1-c1ccccc1. The second-order valence-corrected chi connectivity index (χ2v) is 7.40. The molecule has 1 N–H and O–H groups in total. The number of para-hydroxylation sites is 1. The summed E-state index contributed by atoms with van der Waals surface area (Å²) >= 11 is 1.48. The highest BCUT2D eigenvalue weighted by Crippen LogP contribution is 2.26. The van der Waals surface area contributed by atoms with E-state index in [1.54, 1.807) is 17.7 Å². The van der Waals surface area contributed by atoms with Crippen molar-refractivity contribution in [3.05, 3.63) is 66.0 Å². The van der Waals surface area contributed by atoms with Crippen LogP contribution in [0.2, 0.25) is 0 Å². The standard InChI is InChI=1S/C20H20N6OS/c1-3-20(2,14-21)22-19(27)16-11-7-8-12-17(16)28-13-18-23-24-25-26(18)15-9-5-4-6-10-15/h4-12H,3,13H2,1-2H3,(H,22,27)/t20-/m1/s1. The maximum Gasteiger partial charge on any atom is 0.253 e. The van der Waals surface area contributed by atoms with Crippen molar-refractivity contribution in [2.24, 2.45) is 0 Å². The minimum Gasteiger partial charge on any atom is -0.334 e. The number of carbonyl (C=O) groups is 1. The number of hydrogen-bond acceptors (Lipinski definition) is 6. The van der Waals surface area contributed by atoms with Gasteiger partial charge in [-0.1, -0.05) is 37.3 Å². The lowest BCUT2D eigenvalue weighted by Gasteiger charge is -2.22. The molecule has 142 valence electrons. The molecule has 1 aromatic heterocycles. The Kier molecular flexibility index (Phi) is 6.06. The quantitative estimate of drug-likeness (QED) is 0.619. The summed E-state index contributed by atoms with van der Waals surface area (Å²) in [7, 11) is 0. The van der Waals surface area contributed by atoms with Crippen LogP contribution in [0, 0.1) is 11.3 Å². The van der Waals surface area contributed by atoms with Crippen molar-refractivity contribution in [2.75, 3.05) is 0 Å². The van der Waals surface area contributed by atoms with E-state index in [9.17, 15) is 10.1 Å². The van der Waals surface area contributed by atoms with Gasteiger partial charge in [-0.25, -0.2) is 0 Å². The molecule has 0 fully saturated rings. The normalized spacial score (nSPS) is 12.8. The molecule has 7 nitrogen and oxygen atoms in total. The number of nitriles is 1. The van der Waals surface area contributed by atoms with E-state index in [1.165, 1.54) is 11.8 Å². The van der Waals surface area contributed by atoms with Crippen LogP contribution in [-0.2, 0) is 5.75 Å². The number of carbonyl (C=O) groups excluding carboxylic acids is 1. The zero-order valence-electron chi connectivity index (χ0n) is 15.7. The van der Waals surface area contributed by atoms with Gasteiger partial charge in [0.05, 0.1) is 23.1 Å². The molecule has 0 aliphatic carbocycles. The van der Waals surface area contributed by atoms with Crippen LogP contribution in [0.5, 0.6) is 0 Å². The van der Waals surface area contributed by atoms with Crippen LogP contribution >= 0.6 is 11.8 Å². The maximum absolute atomic E-state index is 12.7. The number of rotatable bonds is 7. The fourth-order valence-electron chi connectivity index (χ4n) is 2.50. The minimum atomic E-state index is -0.897. The minimum absolute atomic E-state index is 0.267. The monoisotopic (exact) mass is 392 g/mol. The molecule has 0 aliphatic heterocycles. The van der Waals surface area contributed by atoms with Crippen molar-refractivity contribution in [3.8, 4) is 11.8 Å². The van der Waals surface area contributed by atoms with Gasteiger partial charge < -0.3 is 5.32 Å². The third-order valence-corrected chi connectivity index (χ3v) is 5.44. The summed E-state index contributed by atoms with van der Waals surface area (Å²) in [6.07, 6.45) is 0.524. The van der Waals surface area contributed by atoms with E-state index in [1.807, 2.05) is 55.5 Å². The molecule has 3 rings (SSSR count). The molecule has 0 saturated heterocycles. The number of amides is 1. The van der Waals surface area contributed by atoms with Gasteiger partial charge in [0.2, 0.25) is 0 Å². The number of benzene rings is 2. The molecule has 0 bridgehead atoms. The van der Waals surface area contributed by atoms with Gasteiger partial charge >= 0.3 is 0 Å². The van der Waals surface area contributed by atoms with Crippen LogP contribution in [0.3, 0.4) is 0 Å². The number of tetrazole rings is 1. The molecule has 1 atom stereocenters. The van der Waals surface area contributed by atoms with Crippen molar-refractivity contribution in [2.45, 2.75) is 36.5 Å². The van der Waals surface area contributed by atoms with Crippen LogP contribution in [0.15, 0.2) is 59.5 Å². The van der Waals surface area contributed by atoms with Crippen LogP contribution < -0.4 is 5.32 Å². The first kappa shape index (κ1) is 19.6. The predicted molar refractivity (Wildman–Crippen MR) is 107 cm³/mol. The van der Waals surface area contributed by atoms with Crippen LogP contribution in [-0.4, -0.2) is 31.7 Å². The van der Waals surface area contributed by atoms with Crippen LogP contribution in [0.25, 0.3) is 5.69 Å². The lowest BCUT2D eigenvalue weighted by atomic mass is 10.0. The van der Waals surface area contributed by atoms with Crippen molar-refractivity contribution in [3.63, 3.8) is 0 Å². The highest BCUT2D eigenvalue weighted by molar-refractivity contribution is 7.98. The first-order valence-corrected chi connectivity index (χ1v) is 9.83. The number of hydrogen-bond donors (Lipinski definition) is 1. The summed E-state index contributed by atoms with van der Waals surface area (Å²) < 4.78 is 1.68. The average Bonchev–Trinajstić information content (AvgIpc) is 3.21. The molecule has 0 aliphatic rings. The number of thioether (sulfide) groups is 1. The molecule has 0 radical (unpaired) electrons. The molecule has 1 heterocycles. The second-order valence-electron chi connectivity index (χ2n) is 6.38. The summed E-state index contributed by atoms with van der Waals surface area (Å²) in [4.78, 5) is 13.5. The molecule has 0 spiro atoms. The Labute approximate surface area is 167 Å². The van der Waals surface area contributed by atoms with E-state index in [2.05, 4.69) is 26.9 Å². The van der Waals surface area contributed by atoms with Gasteiger partial charge in [0, 0.05) is 4.90 Å². The second kappa shape index (κ2) is 8.67. The van der Waals surface area contributed by atoms with E-state index in [-0.39, 0.29) is 5.91 Å². The molecular formula is C20H20N6OS. The van der Waals surface area contributed by atoms with E-state index in [4.69, 9.17) is 0 Å². The molecular weight excluding hydrogens is 372 g/mol. The van der Waals surface area contributed by atoms with Crippen molar-refractivity contribution in [1.82, 2.24) is 25.5 Å². The summed E-state index contributed by atoms with van der Waals surface area (Å²) in [5, 5.41) is 24.1. The maximum atomic E-state index is 12.7. The third kappa shape index (κ3) is 4.38. The highest BCUT2D eigenvalue weighted by atomic mass is 32.2. The van der Waals surface area contributed by atoms with E-state index >= 15 is 0 Å². The van der Waals surface area contributed by atoms with Crippen LogP contribution in [0.1, 0.15) is 36.5 Å². The first-order valence-electron chi connectivity index (χ1n) is 8.84. The van der Waals surface area contributed by atoms with Gasteiger partial charge in [0.25, 0.3) is 5.91 Å². The molecule has 2 aromatic carbocycles. The van der Waals surface area contributed by atoms with E-state index in [0.29, 0.717) is 23.6 Å². The largest absolute Gasteiger partial charge is 0.334 e. The Morgan fingerprint density at radius 1 is 1.21 bits per heavy atom. The zero-order valence-corrected chi connectivity index (χ0v) is 16.5. The van der Waals surface area contributed by atoms with E-state index in [0.717, 1.165) is 10.6 Å². The molecule has 3 aromatic rings. The Bertz CT molecular complexity index is 997. The molecule has 0 saturated carbocycles. The van der Waals surface area contributed by atoms with Gasteiger partial charge in [0.1, 0.15) is 5.54 Å².